The molecule has 3 N–H and O–H groups in total. The number of nitro groups is 1. The zero-order valence-corrected chi connectivity index (χ0v) is 6.54. The zero-order chi connectivity index (χ0) is 9.84. The highest BCUT2D eigenvalue weighted by Crippen LogP contribution is 2.21. The molecule has 0 radical (unpaired) electrons. The third-order valence-electron chi connectivity index (χ3n) is 1.46. The molecule has 1 aromatic carbocycles. The number of benzene rings is 1. The van der Waals surface area contributed by atoms with E-state index in [-0.39, 0.29) is 11.4 Å². The van der Waals surface area contributed by atoms with Gasteiger partial charge in [0, 0.05) is 11.6 Å². The first-order valence-electron chi connectivity index (χ1n) is 3.36. The third kappa shape index (κ3) is 1.92. The van der Waals surface area contributed by atoms with Crippen molar-refractivity contribution in [2.75, 3.05) is 5.73 Å². The van der Waals surface area contributed by atoms with E-state index in [1.54, 1.807) is 0 Å². The molecule has 68 valence electrons. The molecule has 6 nitrogen and oxygen atoms in total. The number of rotatable bonds is 2. The summed E-state index contributed by atoms with van der Waals surface area (Å²) in [7, 11) is 0. The highest BCUT2D eigenvalue weighted by molar-refractivity contribution is 5.82. The molecule has 0 unspecified atom stereocenters. The molecule has 6 heteroatoms. The quantitative estimate of drug-likeness (QED) is 0.233. The smallest absolute Gasteiger partial charge is 0.292 e. The summed E-state index contributed by atoms with van der Waals surface area (Å²) in [5, 5.41) is 21.3. The van der Waals surface area contributed by atoms with E-state index < -0.39 is 4.92 Å². The van der Waals surface area contributed by atoms with Crippen molar-refractivity contribution < 1.29 is 10.1 Å². The Morgan fingerprint density at radius 3 is 2.85 bits per heavy atom. The maximum absolute atomic E-state index is 10.4. The lowest BCUT2D eigenvalue weighted by Gasteiger charge is -1.96. The summed E-state index contributed by atoms with van der Waals surface area (Å²) in [5.41, 5.74) is 5.64. The van der Waals surface area contributed by atoms with E-state index in [0.29, 0.717) is 5.56 Å². The van der Waals surface area contributed by atoms with Crippen molar-refractivity contribution in [1.82, 2.24) is 0 Å². The summed E-state index contributed by atoms with van der Waals surface area (Å²) in [4.78, 5) is 9.80. The number of hydrogen-bond acceptors (Lipinski definition) is 5. The fourth-order valence-corrected chi connectivity index (χ4v) is 0.866. The maximum atomic E-state index is 10.4. The Bertz CT molecular complexity index is 362. The average Bonchev–Trinajstić information content (AvgIpc) is 2.08. The summed E-state index contributed by atoms with van der Waals surface area (Å²) >= 11 is 0. The van der Waals surface area contributed by atoms with Crippen molar-refractivity contribution in [3.05, 3.63) is 33.9 Å². The Morgan fingerprint density at radius 2 is 2.31 bits per heavy atom. The predicted octanol–water partition coefficient (Wildman–Crippen LogP) is 0.985. The highest BCUT2D eigenvalue weighted by Gasteiger charge is 2.10. The van der Waals surface area contributed by atoms with Gasteiger partial charge in [0.1, 0.15) is 5.69 Å². The van der Waals surface area contributed by atoms with Crippen molar-refractivity contribution in [1.29, 1.82) is 0 Å². The molecule has 0 fully saturated rings. The average molecular weight is 181 g/mol. The van der Waals surface area contributed by atoms with Gasteiger partial charge in [0.15, 0.2) is 0 Å². The van der Waals surface area contributed by atoms with E-state index in [1.165, 1.54) is 18.2 Å². The number of nitrogen functional groups attached to an aromatic ring is 1. The molecule has 0 aliphatic rings. The molecule has 0 spiro atoms. The second-order valence-corrected chi connectivity index (χ2v) is 2.32. The van der Waals surface area contributed by atoms with Gasteiger partial charge in [-0.2, -0.15) is 0 Å². The summed E-state index contributed by atoms with van der Waals surface area (Å²) in [6.45, 7) is 0. The van der Waals surface area contributed by atoms with Gasteiger partial charge in [-0.05, 0) is 6.07 Å². The van der Waals surface area contributed by atoms with Gasteiger partial charge < -0.3 is 10.9 Å². The van der Waals surface area contributed by atoms with Gasteiger partial charge >= 0.3 is 0 Å². The van der Waals surface area contributed by atoms with Crippen LogP contribution in [0.2, 0.25) is 0 Å². The highest BCUT2D eigenvalue weighted by atomic mass is 16.6. The molecule has 1 aromatic rings. The first-order valence-corrected chi connectivity index (χ1v) is 3.36. The Hall–Kier alpha value is -2.11. The monoisotopic (exact) mass is 181 g/mol. The Balaban J connectivity index is 3.18. The molecule has 0 aromatic heterocycles. The van der Waals surface area contributed by atoms with Crippen LogP contribution in [0.5, 0.6) is 0 Å². The fourth-order valence-electron chi connectivity index (χ4n) is 0.866. The minimum Gasteiger partial charge on any atom is -0.411 e. The van der Waals surface area contributed by atoms with Crippen molar-refractivity contribution in [2.24, 2.45) is 5.16 Å². The van der Waals surface area contributed by atoms with Crippen LogP contribution in [0, 0.1) is 10.1 Å². The molecule has 0 heterocycles. The van der Waals surface area contributed by atoms with Crippen LogP contribution in [0.1, 0.15) is 5.56 Å². The summed E-state index contributed by atoms with van der Waals surface area (Å²) in [5.74, 6) is 0. The van der Waals surface area contributed by atoms with Crippen molar-refractivity contribution in [3.8, 4) is 0 Å². The molecular weight excluding hydrogens is 174 g/mol. The van der Waals surface area contributed by atoms with E-state index in [9.17, 15) is 10.1 Å². The molecule has 0 saturated heterocycles. The molecule has 0 aliphatic heterocycles. The number of nitrogens with zero attached hydrogens (tertiary/aromatic N) is 2. The SMILES string of the molecule is Nc1ccc(C=NO)cc1[N+](=O)[O-]. The minimum atomic E-state index is -0.593. The lowest BCUT2D eigenvalue weighted by Crippen LogP contribution is -1.96. The van der Waals surface area contributed by atoms with Crippen LogP contribution in [0.15, 0.2) is 23.4 Å². The number of nitrogens with two attached hydrogens (primary N) is 1. The van der Waals surface area contributed by atoms with Gasteiger partial charge in [-0.1, -0.05) is 11.2 Å². The van der Waals surface area contributed by atoms with Crippen LogP contribution >= 0.6 is 0 Å². The first kappa shape index (κ1) is 8.98. The van der Waals surface area contributed by atoms with E-state index >= 15 is 0 Å². The second kappa shape index (κ2) is 3.53. The summed E-state index contributed by atoms with van der Waals surface area (Å²) in [6, 6.07) is 4.13. The second-order valence-electron chi connectivity index (χ2n) is 2.32. The van der Waals surface area contributed by atoms with Crippen LogP contribution in [0.25, 0.3) is 0 Å². The van der Waals surface area contributed by atoms with Gasteiger partial charge in [0.25, 0.3) is 5.69 Å². The third-order valence-corrected chi connectivity index (χ3v) is 1.46. The van der Waals surface area contributed by atoms with Crippen molar-refractivity contribution in [2.45, 2.75) is 0 Å². The largest absolute Gasteiger partial charge is 0.411 e. The predicted molar refractivity (Wildman–Crippen MR) is 46.9 cm³/mol. The van der Waals surface area contributed by atoms with E-state index in [1.807, 2.05) is 0 Å². The van der Waals surface area contributed by atoms with Crippen LogP contribution in [0.4, 0.5) is 11.4 Å². The van der Waals surface area contributed by atoms with E-state index in [4.69, 9.17) is 10.9 Å². The number of hydrogen-bond donors (Lipinski definition) is 2. The maximum Gasteiger partial charge on any atom is 0.292 e. The fraction of sp³-hybridized carbons (Fsp3) is 0. The summed E-state index contributed by atoms with van der Waals surface area (Å²) in [6.07, 6.45) is 1.09. The lowest BCUT2D eigenvalue weighted by molar-refractivity contribution is -0.383. The first-order chi connectivity index (χ1) is 6.15. The lowest BCUT2D eigenvalue weighted by atomic mass is 10.2. The normalized spacial score (nSPS) is 10.5. The van der Waals surface area contributed by atoms with Gasteiger partial charge in [-0.3, -0.25) is 10.1 Å². The summed E-state index contributed by atoms with van der Waals surface area (Å²) < 4.78 is 0. The van der Waals surface area contributed by atoms with Gasteiger partial charge in [-0.25, -0.2) is 0 Å². The topological polar surface area (TPSA) is 102 Å². The molecule has 0 amide bonds. The van der Waals surface area contributed by atoms with E-state index in [2.05, 4.69) is 5.16 Å². The Labute approximate surface area is 73.4 Å². The van der Waals surface area contributed by atoms with Gasteiger partial charge in [-0.15, -0.1) is 0 Å². The molecule has 0 atom stereocenters. The van der Waals surface area contributed by atoms with Crippen molar-refractivity contribution >= 4 is 17.6 Å². The number of anilines is 1. The molecule has 13 heavy (non-hydrogen) atoms. The number of oxime groups is 1. The van der Waals surface area contributed by atoms with Crippen LogP contribution < -0.4 is 5.73 Å². The Kier molecular flexibility index (Phi) is 2.44. The van der Waals surface area contributed by atoms with Crippen molar-refractivity contribution in [3.63, 3.8) is 0 Å². The Morgan fingerprint density at radius 1 is 1.62 bits per heavy atom. The minimum absolute atomic E-state index is 0.0834. The molecule has 0 saturated carbocycles. The zero-order valence-electron chi connectivity index (χ0n) is 6.54. The van der Waals surface area contributed by atoms with Crippen LogP contribution in [-0.4, -0.2) is 16.3 Å². The van der Waals surface area contributed by atoms with Crippen LogP contribution in [-0.2, 0) is 0 Å². The molecule has 0 aliphatic carbocycles. The van der Waals surface area contributed by atoms with Crippen LogP contribution in [0.3, 0.4) is 0 Å². The van der Waals surface area contributed by atoms with Gasteiger partial charge in [0.2, 0.25) is 0 Å². The van der Waals surface area contributed by atoms with E-state index in [0.717, 1.165) is 6.21 Å². The van der Waals surface area contributed by atoms with Gasteiger partial charge in [0.05, 0.1) is 11.1 Å². The standard InChI is InChI=1S/C7H7N3O3/c8-6-2-1-5(4-9-11)3-7(6)10(12)13/h1-4,11H,8H2. The molecule has 0 bridgehead atoms. The number of nitro benzene ring substituents is 1. The molecule has 1 rings (SSSR count). The molecular formula is C7H7N3O3.